The Morgan fingerprint density at radius 3 is 2.74 bits per heavy atom. The molecule has 0 radical (unpaired) electrons. The number of rotatable bonds is 3. The van der Waals surface area contributed by atoms with E-state index >= 15 is 0 Å². The van der Waals surface area contributed by atoms with E-state index in [1.807, 2.05) is 64.5 Å². The van der Waals surface area contributed by atoms with Crippen LogP contribution < -0.4 is 14.3 Å². The lowest BCUT2D eigenvalue weighted by atomic mass is 10.1. The number of nitrogens with zero attached hydrogens (tertiary/aromatic N) is 3. The molecule has 2 aromatic carbocycles. The van der Waals surface area contributed by atoms with Crippen molar-refractivity contribution in [3.05, 3.63) is 70.3 Å². The standard InChI is InChI=1S/C26H17N3O3S2/c1-2-9-29-20-14-21-22(32-11-10-31-21)15-24(20)34-26(29)28-25(30)17-13-19(23-8-5-12-33-23)27-18-7-4-3-6-16(17)18/h1,3-8,12-15H,9-11H2. The van der Waals surface area contributed by atoms with Crippen molar-refractivity contribution in [1.29, 1.82) is 0 Å². The molecule has 0 unspecified atom stereocenters. The Bertz CT molecular complexity index is 1670. The van der Waals surface area contributed by atoms with Gasteiger partial charge in [0.2, 0.25) is 0 Å². The van der Waals surface area contributed by atoms with Gasteiger partial charge >= 0.3 is 0 Å². The van der Waals surface area contributed by atoms with Crippen LogP contribution in [0.5, 0.6) is 11.5 Å². The van der Waals surface area contributed by atoms with Crippen LogP contribution in [0, 0.1) is 12.3 Å². The molecule has 0 saturated heterocycles. The van der Waals surface area contributed by atoms with E-state index in [1.54, 1.807) is 11.3 Å². The normalized spacial score (nSPS) is 13.3. The fourth-order valence-electron chi connectivity index (χ4n) is 3.99. The molecule has 4 heterocycles. The molecule has 0 atom stereocenters. The van der Waals surface area contributed by atoms with Crippen molar-refractivity contribution in [1.82, 2.24) is 9.55 Å². The summed E-state index contributed by atoms with van der Waals surface area (Å²) in [5.41, 5.74) is 2.87. The summed E-state index contributed by atoms with van der Waals surface area (Å²) in [4.78, 5) is 24.3. The minimum atomic E-state index is -0.342. The Labute approximate surface area is 202 Å². The van der Waals surface area contributed by atoms with Gasteiger partial charge in [-0.2, -0.15) is 4.99 Å². The van der Waals surface area contributed by atoms with Crippen molar-refractivity contribution in [2.45, 2.75) is 6.54 Å². The van der Waals surface area contributed by atoms with Gasteiger partial charge in [-0.15, -0.1) is 17.8 Å². The van der Waals surface area contributed by atoms with Crippen LogP contribution in [0.2, 0.25) is 0 Å². The summed E-state index contributed by atoms with van der Waals surface area (Å²) in [6, 6.07) is 17.2. The summed E-state index contributed by atoms with van der Waals surface area (Å²) in [7, 11) is 0. The number of ether oxygens (including phenoxy) is 2. The molecule has 166 valence electrons. The van der Waals surface area contributed by atoms with Gasteiger partial charge < -0.3 is 14.0 Å². The smallest absolute Gasteiger partial charge is 0.280 e. The van der Waals surface area contributed by atoms with Gasteiger partial charge in [0.05, 0.1) is 38.4 Å². The molecule has 3 aromatic heterocycles. The van der Waals surface area contributed by atoms with Gasteiger partial charge in [0.25, 0.3) is 5.91 Å². The van der Waals surface area contributed by atoms with Crippen molar-refractivity contribution in [3.63, 3.8) is 0 Å². The number of benzene rings is 2. The molecule has 1 amide bonds. The maximum Gasteiger partial charge on any atom is 0.280 e. The summed E-state index contributed by atoms with van der Waals surface area (Å²) >= 11 is 2.98. The van der Waals surface area contributed by atoms with Gasteiger partial charge in [0, 0.05) is 17.5 Å². The first-order valence-electron chi connectivity index (χ1n) is 10.6. The number of carbonyl (C=O) groups excluding carboxylic acids is 1. The molecule has 0 saturated carbocycles. The molecule has 1 aliphatic rings. The van der Waals surface area contributed by atoms with Crippen LogP contribution in [0.15, 0.2) is 65.0 Å². The third-order valence-corrected chi connectivity index (χ3v) is 7.45. The van der Waals surface area contributed by atoms with E-state index < -0.39 is 0 Å². The van der Waals surface area contributed by atoms with Crippen molar-refractivity contribution >= 4 is 49.7 Å². The van der Waals surface area contributed by atoms with E-state index in [0.717, 1.165) is 31.7 Å². The zero-order valence-corrected chi connectivity index (χ0v) is 19.5. The predicted molar refractivity (Wildman–Crippen MR) is 135 cm³/mol. The van der Waals surface area contributed by atoms with Gasteiger partial charge in [-0.05, 0) is 23.6 Å². The predicted octanol–water partition coefficient (Wildman–Crippen LogP) is 5.13. The first-order valence-corrected chi connectivity index (χ1v) is 12.3. The van der Waals surface area contributed by atoms with Crippen LogP contribution in [0.4, 0.5) is 0 Å². The highest BCUT2D eigenvalue weighted by molar-refractivity contribution is 7.16. The molecule has 8 heteroatoms. The quantitative estimate of drug-likeness (QED) is 0.334. The fraction of sp³-hybridized carbons (Fsp3) is 0.115. The van der Waals surface area contributed by atoms with Crippen molar-refractivity contribution < 1.29 is 14.3 Å². The molecule has 0 fully saturated rings. The van der Waals surface area contributed by atoms with Gasteiger partial charge in [0.15, 0.2) is 16.3 Å². The van der Waals surface area contributed by atoms with Crippen LogP contribution >= 0.6 is 22.7 Å². The SMILES string of the molecule is C#CCn1c(=NC(=O)c2cc(-c3cccs3)nc3ccccc23)sc2cc3c(cc21)OCCO3. The van der Waals surface area contributed by atoms with Gasteiger partial charge in [0.1, 0.15) is 13.2 Å². The second-order valence-electron chi connectivity index (χ2n) is 7.60. The molecule has 1 aliphatic heterocycles. The molecule has 6 nitrogen and oxygen atoms in total. The third-order valence-electron chi connectivity index (χ3n) is 5.51. The average molecular weight is 484 g/mol. The minimum absolute atomic E-state index is 0.281. The van der Waals surface area contributed by atoms with Gasteiger partial charge in [-0.1, -0.05) is 41.5 Å². The molecular weight excluding hydrogens is 466 g/mol. The number of hydrogen-bond acceptors (Lipinski definition) is 6. The number of hydrogen-bond donors (Lipinski definition) is 0. The zero-order valence-electron chi connectivity index (χ0n) is 17.9. The van der Waals surface area contributed by atoms with E-state index in [2.05, 4.69) is 10.9 Å². The lowest BCUT2D eigenvalue weighted by molar-refractivity contribution is 0.0999. The van der Waals surface area contributed by atoms with Crippen molar-refractivity contribution in [2.75, 3.05) is 13.2 Å². The largest absolute Gasteiger partial charge is 0.486 e. The van der Waals surface area contributed by atoms with Crippen molar-refractivity contribution in [3.8, 4) is 34.4 Å². The summed E-state index contributed by atoms with van der Waals surface area (Å²) < 4.78 is 14.2. The Balaban J connectivity index is 1.54. The molecule has 0 N–H and O–H groups in total. The molecule has 0 spiro atoms. The summed E-state index contributed by atoms with van der Waals surface area (Å²) in [6.45, 7) is 1.28. The monoisotopic (exact) mass is 483 g/mol. The summed E-state index contributed by atoms with van der Waals surface area (Å²) in [6.07, 6.45) is 5.65. The highest BCUT2D eigenvalue weighted by Gasteiger charge is 2.18. The first kappa shape index (κ1) is 20.7. The average Bonchev–Trinajstić information content (AvgIpc) is 3.51. The maximum atomic E-state index is 13.5. The molecule has 6 rings (SSSR count). The Kier molecular flexibility index (Phi) is 5.13. The molecule has 5 aromatic rings. The number of thiophene rings is 1. The molecule has 34 heavy (non-hydrogen) atoms. The number of thiazole rings is 1. The van der Waals surface area contributed by atoms with E-state index in [9.17, 15) is 4.79 Å². The van der Waals surface area contributed by atoms with E-state index in [-0.39, 0.29) is 12.5 Å². The minimum Gasteiger partial charge on any atom is -0.486 e. The topological polar surface area (TPSA) is 65.7 Å². The van der Waals surface area contributed by atoms with Crippen LogP contribution in [0.1, 0.15) is 10.4 Å². The summed E-state index contributed by atoms with van der Waals surface area (Å²) in [5.74, 6) is 3.68. The maximum absolute atomic E-state index is 13.5. The van der Waals surface area contributed by atoms with Crippen LogP contribution in [0.25, 0.3) is 31.7 Å². The van der Waals surface area contributed by atoms with Crippen LogP contribution in [-0.4, -0.2) is 28.7 Å². The number of pyridine rings is 1. The highest BCUT2D eigenvalue weighted by Crippen LogP contribution is 2.35. The van der Waals surface area contributed by atoms with Crippen LogP contribution in [0.3, 0.4) is 0 Å². The van der Waals surface area contributed by atoms with Crippen molar-refractivity contribution in [2.24, 2.45) is 4.99 Å². The fourth-order valence-corrected chi connectivity index (χ4v) is 5.71. The van der Waals surface area contributed by atoms with Gasteiger partial charge in [-0.25, -0.2) is 4.98 Å². The lowest BCUT2D eigenvalue weighted by Gasteiger charge is -2.18. The Morgan fingerprint density at radius 1 is 1.12 bits per heavy atom. The third kappa shape index (κ3) is 3.55. The number of amides is 1. The second kappa shape index (κ2) is 8.45. The number of para-hydroxylation sites is 1. The Morgan fingerprint density at radius 2 is 1.94 bits per heavy atom. The summed E-state index contributed by atoms with van der Waals surface area (Å²) in [5, 5.41) is 2.75. The number of carbonyl (C=O) groups is 1. The molecule has 0 aliphatic carbocycles. The second-order valence-corrected chi connectivity index (χ2v) is 9.56. The van der Waals surface area contributed by atoms with Crippen LogP contribution in [-0.2, 0) is 6.54 Å². The molecule has 0 bridgehead atoms. The number of terminal acetylenes is 1. The van der Waals surface area contributed by atoms with Gasteiger partial charge in [-0.3, -0.25) is 4.79 Å². The highest BCUT2D eigenvalue weighted by atomic mass is 32.1. The number of aromatic nitrogens is 2. The van der Waals surface area contributed by atoms with E-state index in [1.165, 1.54) is 11.3 Å². The number of fused-ring (bicyclic) bond motifs is 3. The van der Waals surface area contributed by atoms with E-state index in [4.69, 9.17) is 20.9 Å². The molecular formula is C26H17N3O3S2. The first-order chi connectivity index (χ1) is 16.7. The van der Waals surface area contributed by atoms with E-state index in [0.29, 0.717) is 35.1 Å². The zero-order chi connectivity index (χ0) is 23.1. The Hall–Kier alpha value is -3.93. The lowest BCUT2D eigenvalue weighted by Crippen LogP contribution is -2.17.